The molecule has 0 unspecified atom stereocenters. The Kier molecular flexibility index (Phi) is 3.17. The summed E-state index contributed by atoms with van der Waals surface area (Å²) < 4.78 is 41.7. The second-order valence-electron chi connectivity index (χ2n) is 2.63. The van der Waals surface area contributed by atoms with Crippen LogP contribution in [0.4, 0.5) is 13.2 Å². The van der Waals surface area contributed by atoms with Crippen LogP contribution in [-0.2, 0) is 4.74 Å². The molecule has 0 amide bonds. The Bertz CT molecular complexity index is 314. The lowest BCUT2D eigenvalue weighted by Crippen LogP contribution is -2.10. The molecule has 0 aliphatic rings. The van der Waals surface area contributed by atoms with Crippen LogP contribution in [0.25, 0.3) is 5.57 Å². The maximum Gasteiger partial charge on any atom is 0.419 e. The molecule has 0 radical (unpaired) electrons. The fourth-order valence-corrected chi connectivity index (χ4v) is 1.03. The lowest BCUT2D eigenvalue weighted by molar-refractivity contribution is -0.0701. The van der Waals surface area contributed by atoms with Gasteiger partial charge >= 0.3 is 6.18 Å². The zero-order valence-corrected chi connectivity index (χ0v) is 7.51. The molecule has 1 aromatic rings. The van der Waals surface area contributed by atoms with Gasteiger partial charge in [-0.1, -0.05) is 30.3 Å². The fourth-order valence-electron chi connectivity index (χ4n) is 1.03. The first-order valence-corrected chi connectivity index (χ1v) is 3.91. The van der Waals surface area contributed by atoms with E-state index in [9.17, 15) is 13.2 Å². The summed E-state index contributed by atoms with van der Waals surface area (Å²) >= 11 is 0. The molecule has 0 aromatic heterocycles. The quantitative estimate of drug-likeness (QED) is 0.669. The van der Waals surface area contributed by atoms with E-state index in [-0.39, 0.29) is 5.56 Å². The van der Waals surface area contributed by atoms with E-state index in [2.05, 4.69) is 4.74 Å². The maximum absolute atomic E-state index is 12.4. The van der Waals surface area contributed by atoms with Crippen molar-refractivity contribution in [2.24, 2.45) is 0 Å². The highest BCUT2D eigenvalue weighted by Gasteiger charge is 2.35. The first-order chi connectivity index (χ1) is 6.55. The molecular formula is C10H9F3O. The van der Waals surface area contributed by atoms with Gasteiger partial charge in [0.2, 0.25) is 0 Å². The number of ether oxygens (including phenoxy) is 1. The summed E-state index contributed by atoms with van der Waals surface area (Å²) in [6.07, 6.45) is -3.69. The Morgan fingerprint density at radius 3 is 2.21 bits per heavy atom. The molecule has 0 bridgehead atoms. The molecule has 0 spiro atoms. The molecule has 0 heterocycles. The van der Waals surface area contributed by atoms with Crippen molar-refractivity contribution in [3.05, 3.63) is 42.2 Å². The highest BCUT2D eigenvalue weighted by molar-refractivity contribution is 5.68. The zero-order chi connectivity index (χ0) is 10.6. The highest BCUT2D eigenvalue weighted by Crippen LogP contribution is 2.33. The summed E-state index contributed by atoms with van der Waals surface area (Å²) in [7, 11) is 1.19. The van der Waals surface area contributed by atoms with Crippen LogP contribution in [0.5, 0.6) is 0 Å². The van der Waals surface area contributed by atoms with Crippen molar-refractivity contribution in [1.29, 1.82) is 0 Å². The third-order valence-corrected chi connectivity index (χ3v) is 1.63. The van der Waals surface area contributed by atoms with E-state index in [1.54, 1.807) is 18.2 Å². The molecule has 1 aromatic carbocycles. The van der Waals surface area contributed by atoms with Crippen LogP contribution in [0.15, 0.2) is 36.6 Å². The fraction of sp³-hybridized carbons (Fsp3) is 0.200. The summed E-state index contributed by atoms with van der Waals surface area (Å²) in [5.41, 5.74) is -0.678. The van der Waals surface area contributed by atoms with Crippen LogP contribution in [0.2, 0.25) is 0 Å². The average molecular weight is 202 g/mol. The molecule has 0 saturated carbocycles. The van der Waals surface area contributed by atoms with E-state index in [0.29, 0.717) is 6.26 Å². The predicted octanol–water partition coefficient (Wildman–Crippen LogP) is 3.24. The van der Waals surface area contributed by atoms with E-state index in [1.165, 1.54) is 19.2 Å². The maximum atomic E-state index is 12.4. The summed E-state index contributed by atoms with van der Waals surface area (Å²) in [5, 5.41) is 0. The number of methoxy groups -OCH3 is 1. The molecule has 1 rings (SSSR count). The van der Waals surface area contributed by atoms with Gasteiger partial charge in [0.25, 0.3) is 0 Å². The van der Waals surface area contributed by atoms with Gasteiger partial charge in [-0.2, -0.15) is 13.2 Å². The van der Waals surface area contributed by atoms with Gasteiger partial charge in [-0.25, -0.2) is 0 Å². The third kappa shape index (κ3) is 2.52. The Balaban J connectivity index is 3.09. The number of allylic oxidation sites excluding steroid dienone is 1. The van der Waals surface area contributed by atoms with Gasteiger partial charge in [0.15, 0.2) is 0 Å². The number of rotatable bonds is 2. The molecular weight excluding hydrogens is 193 g/mol. The second-order valence-corrected chi connectivity index (χ2v) is 2.63. The number of benzene rings is 1. The minimum absolute atomic E-state index is 0.0989. The number of halogens is 3. The van der Waals surface area contributed by atoms with Crippen LogP contribution in [0.3, 0.4) is 0 Å². The topological polar surface area (TPSA) is 9.23 Å². The summed E-state index contributed by atoms with van der Waals surface area (Å²) in [5.74, 6) is 0. The molecule has 0 atom stereocenters. The molecule has 0 N–H and O–H groups in total. The van der Waals surface area contributed by atoms with E-state index in [1.807, 2.05) is 0 Å². The predicted molar refractivity (Wildman–Crippen MR) is 47.5 cm³/mol. The molecule has 4 heteroatoms. The van der Waals surface area contributed by atoms with Crippen LogP contribution >= 0.6 is 0 Å². The summed E-state index contributed by atoms with van der Waals surface area (Å²) in [4.78, 5) is 0. The van der Waals surface area contributed by atoms with Crippen LogP contribution in [0.1, 0.15) is 5.56 Å². The van der Waals surface area contributed by atoms with Gasteiger partial charge < -0.3 is 4.74 Å². The summed E-state index contributed by atoms with van der Waals surface area (Å²) in [6, 6.07) is 7.52. The second kappa shape index (κ2) is 4.17. The smallest absolute Gasteiger partial charge is 0.419 e. The van der Waals surface area contributed by atoms with Crippen LogP contribution < -0.4 is 0 Å². The highest BCUT2D eigenvalue weighted by atomic mass is 19.4. The molecule has 1 nitrogen and oxygen atoms in total. The van der Waals surface area contributed by atoms with Crippen molar-refractivity contribution in [3.63, 3.8) is 0 Å². The van der Waals surface area contributed by atoms with Crippen molar-refractivity contribution in [2.45, 2.75) is 6.18 Å². The monoisotopic (exact) mass is 202 g/mol. The molecule has 0 fully saturated rings. The van der Waals surface area contributed by atoms with Gasteiger partial charge in [0.05, 0.1) is 18.9 Å². The van der Waals surface area contributed by atoms with E-state index in [0.717, 1.165) is 0 Å². The lowest BCUT2D eigenvalue weighted by Gasteiger charge is -2.10. The van der Waals surface area contributed by atoms with Crippen molar-refractivity contribution in [2.75, 3.05) is 7.11 Å². The molecule has 76 valence electrons. The molecule has 0 aliphatic heterocycles. The van der Waals surface area contributed by atoms with Gasteiger partial charge in [0.1, 0.15) is 0 Å². The van der Waals surface area contributed by atoms with Crippen molar-refractivity contribution >= 4 is 5.57 Å². The van der Waals surface area contributed by atoms with Crippen LogP contribution in [-0.4, -0.2) is 13.3 Å². The third-order valence-electron chi connectivity index (χ3n) is 1.63. The van der Waals surface area contributed by atoms with E-state index < -0.39 is 11.7 Å². The molecule has 0 aliphatic carbocycles. The van der Waals surface area contributed by atoms with E-state index >= 15 is 0 Å². The Morgan fingerprint density at radius 2 is 1.79 bits per heavy atom. The number of hydrogen-bond acceptors (Lipinski definition) is 1. The SMILES string of the molecule is COC=C(c1ccccc1)C(F)(F)F. The van der Waals surface area contributed by atoms with Gasteiger partial charge in [0, 0.05) is 0 Å². The lowest BCUT2D eigenvalue weighted by atomic mass is 10.1. The minimum atomic E-state index is -4.39. The molecule has 0 saturated heterocycles. The standard InChI is InChI=1S/C10H9F3O/c1-14-7-9(10(11,12)13)8-5-3-2-4-6-8/h2-7H,1H3. The van der Waals surface area contributed by atoms with Gasteiger partial charge in [-0.3, -0.25) is 0 Å². The average Bonchev–Trinajstić information content (AvgIpc) is 2.14. The van der Waals surface area contributed by atoms with Gasteiger partial charge in [-0.15, -0.1) is 0 Å². The number of alkyl halides is 3. The van der Waals surface area contributed by atoms with Crippen molar-refractivity contribution in [1.82, 2.24) is 0 Å². The van der Waals surface area contributed by atoms with Crippen molar-refractivity contribution in [3.8, 4) is 0 Å². The molecule has 14 heavy (non-hydrogen) atoms. The Hall–Kier alpha value is -1.45. The Morgan fingerprint density at radius 1 is 1.21 bits per heavy atom. The largest absolute Gasteiger partial charge is 0.504 e. The zero-order valence-electron chi connectivity index (χ0n) is 7.51. The normalized spacial score (nSPS) is 12.7. The van der Waals surface area contributed by atoms with Gasteiger partial charge in [-0.05, 0) is 5.56 Å². The Labute approximate surface area is 79.8 Å². The number of hydrogen-bond donors (Lipinski definition) is 0. The minimum Gasteiger partial charge on any atom is -0.504 e. The van der Waals surface area contributed by atoms with Crippen LogP contribution in [0, 0.1) is 0 Å². The van der Waals surface area contributed by atoms with E-state index in [4.69, 9.17) is 0 Å². The first kappa shape index (κ1) is 10.6. The summed E-state index contributed by atoms with van der Waals surface area (Å²) in [6.45, 7) is 0. The van der Waals surface area contributed by atoms with Crippen molar-refractivity contribution < 1.29 is 17.9 Å². The first-order valence-electron chi connectivity index (χ1n) is 3.91.